The van der Waals surface area contributed by atoms with E-state index in [2.05, 4.69) is 15.6 Å². The fraction of sp³-hybridized carbons (Fsp3) is 0.906. The van der Waals surface area contributed by atoms with Crippen LogP contribution in [0.25, 0.3) is 0 Å². The van der Waals surface area contributed by atoms with E-state index < -0.39 is 78.8 Å². The summed E-state index contributed by atoms with van der Waals surface area (Å²) in [5, 5.41) is 62.0. The minimum Gasteiger partial charge on any atom is -0.394 e. The normalized spacial score (nSPS) is 47.7. The van der Waals surface area contributed by atoms with Gasteiger partial charge in [0.25, 0.3) is 0 Å². The molecule has 2 aliphatic heterocycles. The maximum Gasteiger partial charge on any atom is 0.188 e. The molecule has 0 spiro atoms. The second kappa shape index (κ2) is 15.0. The lowest BCUT2D eigenvalue weighted by Gasteiger charge is -2.53. The molecule has 2 heterocycles. The molecule has 5 aliphatic rings. The fourth-order valence-electron chi connectivity index (χ4n) is 9.06. The number of ketones is 2. The van der Waals surface area contributed by atoms with Gasteiger partial charge in [0, 0.05) is 44.9 Å². The average molecular weight is 670 g/mol. The summed E-state index contributed by atoms with van der Waals surface area (Å²) in [5.41, 5.74) is 9.88. The molecule has 16 unspecified atom stereocenters. The molecular weight excluding hydrogens is 614 g/mol. The second-order valence-electron chi connectivity index (χ2n) is 14.5. The molecule has 0 aromatic carbocycles. The summed E-state index contributed by atoms with van der Waals surface area (Å²) in [6.45, 7) is 2.31. The highest BCUT2D eigenvalue weighted by Gasteiger charge is 2.61. The number of hydrogen-bond donors (Lipinski definition) is 9. The molecule has 0 radical (unpaired) electrons. The number of methoxy groups -OCH3 is 1. The highest BCUT2D eigenvalue weighted by Crippen LogP contribution is 2.50. The standard InChI is InChI=1S/C32H55N5O10/c1-14-8-17-24(26(40)19(14)12-37-31(34)35-2)27(41)23-18(25(17)39)10-16(45-3)11-20(23)46-30-28(42)29(43)32(44,21(13-38)47-30)6-4-15-5-7-36-22(33)9-15/h14-24,26,28-30,36,38,40,42-44H,4-13,33H2,1-3H3,(H3,34,35,37). The summed E-state index contributed by atoms with van der Waals surface area (Å²) >= 11 is 0. The smallest absolute Gasteiger partial charge is 0.188 e. The predicted molar refractivity (Wildman–Crippen MR) is 168 cm³/mol. The highest BCUT2D eigenvalue weighted by molar-refractivity contribution is 6.00. The van der Waals surface area contributed by atoms with Crippen molar-refractivity contribution in [2.45, 2.75) is 107 Å². The summed E-state index contributed by atoms with van der Waals surface area (Å²) in [6, 6.07) is 0. The molecule has 268 valence electrons. The van der Waals surface area contributed by atoms with Crippen molar-refractivity contribution in [1.82, 2.24) is 10.6 Å². The van der Waals surface area contributed by atoms with Crippen LogP contribution in [0.4, 0.5) is 0 Å². The number of hydrogen-bond acceptors (Lipinski definition) is 13. The fourth-order valence-corrected chi connectivity index (χ4v) is 9.06. The Morgan fingerprint density at radius 2 is 1.83 bits per heavy atom. The van der Waals surface area contributed by atoms with Gasteiger partial charge in [0.1, 0.15) is 35.5 Å². The zero-order chi connectivity index (χ0) is 34.2. The second-order valence-corrected chi connectivity index (χ2v) is 14.5. The van der Waals surface area contributed by atoms with Gasteiger partial charge in [0.2, 0.25) is 0 Å². The van der Waals surface area contributed by atoms with Crippen LogP contribution in [0.3, 0.4) is 0 Å². The molecule has 0 amide bonds. The van der Waals surface area contributed by atoms with Gasteiger partial charge in [-0.2, -0.15) is 0 Å². The van der Waals surface area contributed by atoms with E-state index in [-0.39, 0.29) is 60.8 Å². The summed E-state index contributed by atoms with van der Waals surface area (Å²) in [6.07, 6.45) is -5.90. The molecule has 3 saturated carbocycles. The lowest BCUT2D eigenvalue weighted by molar-refractivity contribution is -0.346. The Morgan fingerprint density at radius 1 is 1.11 bits per heavy atom. The van der Waals surface area contributed by atoms with E-state index in [1.165, 1.54) is 7.11 Å². The van der Waals surface area contributed by atoms with E-state index in [1.54, 1.807) is 7.05 Å². The van der Waals surface area contributed by atoms with Crippen molar-refractivity contribution >= 4 is 17.5 Å². The molecule has 3 aliphatic carbocycles. The molecule has 47 heavy (non-hydrogen) atoms. The third kappa shape index (κ3) is 7.12. The first-order chi connectivity index (χ1) is 22.3. The number of aliphatic hydroxyl groups excluding tert-OH is 4. The number of carbonyl (C=O) groups is 2. The number of carbonyl (C=O) groups excluding carboxylic acids is 2. The van der Waals surface area contributed by atoms with Crippen LogP contribution in [0.1, 0.15) is 51.9 Å². The minimum absolute atomic E-state index is 0.0542. The van der Waals surface area contributed by atoms with Gasteiger partial charge in [0.05, 0.1) is 42.9 Å². The van der Waals surface area contributed by atoms with Crippen LogP contribution in [-0.2, 0) is 23.8 Å². The maximum atomic E-state index is 14.3. The van der Waals surface area contributed by atoms with E-state index in [1.807, 2.05) is 6.92 Å². The van der Waals surface area contributed by atoms with Gasteiger partial charge < -0.3 is 61.8 Å². The molecule has 5 rings (SSSR count). The van der Waals surface area contributed by atoms with Crippen molar-refractivity contribution < 1.29 is 49.3 Å². The molecule has 2 saturated heterocycles. The molecule has 0 aromatic heterocycles. The summed E-state index contributed by atoms with van der Waals surface area (Å²) in [7, 11) is 3.06. The van der Waals surface area contributed by atoms with Crippen LogP contribution in [0.5, 0.6) is 0 Å². The third-order valence-electron chi connectivity index (χ3n) is 11.9. The van der Waals surface area contributed by atoms with E-state index >= 15 is 0 Å². The SMILES string of the molecule is CN=C(N)NCC1C(C)CC2C(=O)C3CC(OC)CC(OC4OC(CO)C(O)(CCC5CCNC(N)C5)C(O)C4O)C3C(=O)C2C1O. The van der Waals surface area contributed by atoms with Gasteiger partial charge in [-0.25, -0.2) is 0 Å². The Morgan fingerprint density at radius 3 is 2.49 bits per heavy atom. The maximum absolute atomic E-state index is 14.3. The van der Waals surface area contributed by atoms with Gasteiger partial charge in [-0.05, 0) is 56.9 Å². The molecule has 0 aromatic rings. The number of Topliss-reactive ketones (excluding diaryl/α,β-unsaturated/α-hetero) is 2. The van der Waals surface area contributed by atoms with Crippen LogP contribution in [-0.4, -0.2) is 132 Å². The number of rotatable bonds is 9. The van der Waals surface area contributed by atoms with E-state index in [0.717, 1.165) is 13.0 Å². The largest absolute Gasteiger partial charge is 0.394 e. The molecule has 5 fully saturated rings. The zero-order valence-corrected chi connectivity index (χ0v) is 27.6. The number of nitrogens with one attached hydrogen (secondary N) is 2. The first-order valence-electron chi connectivity index (χ1n) is 17.1. The Labute approximate surface area is 275 Å². The number of aliphatic imine (C=N–C) groups is 1. The topological polar surface area (TPSA) is 251 Å². The first-order valence-corrected chi connectivity index (χ1v) is 17.1. The summed E-state index contributed by atoms with van der Waals surface area (Å²) < 4.78 is 17.9. The number of guanidine groups is 1. The Balaban J connectivity index is 1.34. The van der Waals surface area contributed by atoms with Crippen molar-refractivity contribution in [1.29, 1.82) is 0 Å². The van der Waals surface area contributed by atoms with Crippen molar-refractivity contribution in [3.05, 3.63) is 0 Å². The zero-order valence-electron chi connectivity index (χ0n) is 27.6. The number of nitrogens with two attached hydrogens (primary N) is 2. The molecule has 11 N–H and O–H groups in total. The lowest BCUT2D eigenvalue weighted by Crippen LogP contribution is -2.68. The van der Waals surface area contributed by atoms with Crippen LogP contribution in [0, 0.1) is 41.4 Å². The molecule has 0 bridgehead atoms. The summed E-state index contributed by atoms with van der Waals surface area (Å²) in [4.78, 5) is 32.3. The number of ether oxygens (including phenoxy) is 3. The quantitative estimate of drug-likeness (QED) is 0.0916. The average Bonchev–Trinajstić information content (AvgIpc) is 3.05. The lowest BCUT2D eigenvalue weighted by atomic mass is 9.53. The minimum atomic E-state index is -1.96. The number of aliphatic hydroxyl groups is 5. The number of piperidine rings is 1. The molecule has 15 nitrogen and oxygen atoms in total. The Hall–Kier alpha value is -1.79. The van der Waals surface area contributed by atoms with Crippen LogP contribution < -0.4 is 22.1 Å². The van der Waals surface area contributed by atoms with E-state index in [4.69, 9.17) is 25.7 Å². The highest BCUT2D eigenvalue weighted by atomic mass is 16.7. The van der Waals surface area contributed by atoms with Crippen molar-refractivity contribution in [2.75, 3.05) is 33.9 Å². The van der Waals surface area contributed by atoms with Crippen LogP contribution in [0.15, 0.2) is 4.99 Å². The van der Waals surface area contributed by atoms with Gasteiger partial charge in [-0.3, -0.25) is 14.6 Å². The van der Waals surface area contributed by atoms with Gasteiger partial charge >= 0.3 is 0 Å². The van der Waals surface area contributed by atoms with Crippen LogP contribution >= 0.6 is 0 Å². The molecule has 15 heteroatoms. The van der Waals surface area contributed by atoms with E-state index in [9.17, 15) is 35.1 Å². The molecular formula is C32H55N5O10. The van der Waals surface area contributed by atoms with Gasteiger partial charge in [-0.1, -0.05) is 6.92 Å². The van der Waals surface area contributed by atoms with Crippen molar-refractivity contribution in [2.24, 2.45) is 57.9 Å². The Kier molecular flexibility index (Phi) is 11.6. The van der Waals surface area contributed by atoms with Gasteiger partial charge in [-0.15, -0.1) is 0 Å². The van der Waals surface area contributed by atoms with Crippen molar-refractivity contribution in [3.8, 4) is 0 Å². The first kappa shape index (κ1) is 36.5. The predicted octanol–water partition coefficient (Wildman–Crippen LogP) is -2.42. The summed E-state index contributed by atoms with van der Waals surface area (Å²) in [5.74, 6) is -3.72. The monoisotopic (exact) mass is 669 g/mol. The van der Waals surface area contributed by atoms with Gasteiger partial charge in [0.15, 0.2) is 12.2 Å². The van der Waals surface area contributed by atoms with Crippen LogP contribution in [0.2, 0.25) is 0 Å². The third-order valence-corrected chi connectivity index (χ3v) is 11.9. The molecule has 16 atom stereocenters. The number of nitrogens with zero attached hydrogens (tertiary/aromatic N) is 1. The number of fused-ring (bicyclic) bond motifs is 2. The Bertz CT molecular complexity index is 1140. The van der Waals surface area contributed by atoms with E-state index in [0.29, 0.717) is 25.7 Å². The van der Waals surface area contributed by atoms with Crippen molar-refractivity contribution in [3.63, 3.8) is 0 Å².